The van der Waals surface area contributed by atoms with E-state index >= 15 is 0 Å². The lowest BCUT2D eigenvalue weighted by Crippen LogP contribution is -2.43. The number of fused-ring (bicyclic) bond motifs is 1. The predicted octanol–water partition coefficient (Wildman–Crippen LogP) is 3.93. The molecular weight excluding hydrogens is 463 g/mol. The Hall–Kier alpha value is -1.02. The topological polar surface area (TPSA) is 59.9 Å². The number of anilines is 1. The van der Waals surface area contributed by atoms with Gasteiger partial charge in [0.05, 0.1) is 6.54 Å². The van der Waals surface area contributed by atoms with E-state index in [9.17, 15) is 5.11 Å². The van der Waals surface area contributed by atoms with Gasteiger partial charge in [-0.1, -0.05) is 26.0 Å². The average molecular weight is 502 g/mol. The Bertz CT molecular complexity index is 617. The lowest BCUT2D eigenvalue weighted by molar-refractivity contribution is 0.169. The molecule has 0 saturated carbocycles. The van der Waals surface area contributed by atoms with Gasteiger partial charge in [0.15, 0.2) is 5.96 Å². The fourth-order valence-electron chi connectivity index (χ4n) is 3.90. The van der Waals surface area contributed by atoms with Crippen LogP contribution in [-0.4, -0.2) is 44.4 Å². The van der Waals surface area contributed by atoms with E-state index in [1.807, 2.05) is 0 Å². The van der Waals surface area contributed by atoms with Crippen molar-refractivity contribution in [2.75, 3.05) is 38.2 Å². The van der Waals surface area contributed by atoms with Gasteiger partial charge in [-0.15, -0.1) is 24.0 Å². The molecule has 1 aliphatic rings. The van der Waals surface area contributed by atoms with Gasteiger partial charge in [0.25, 0.3) is 0 Å². The Morgan fingerprint density at radius 2 is 1.96 bits per heavy atom. The zero-order valence-corrected chi connectivity index (χ0v) is 20.4. The van der Waals surface area contributed by atoms with Gasteiger partial charge in [0.2, 0.25) is 0 Å². The summed E-state index contributed by atoms with van der Waals surface area (Å²) in [5.74, 6) is 0.858. The highest BCUT2D eigenvalue weighted by molar-refractivity contribution is 14.0. The van der Waals surface area contributed by atoms with E-state index < -0.39 is 0 Å². The number of nitrogens with zero attached hydrogens (tertiary/aromatic N) is 2. The van der Waals surface area contributed by atoms with Crippen LogP contribution >= 0.6 is 24.0 Å². The summed E-state index contributed by atoms with van der Waals surface area (Å²) in [6.45, 7) is 10.2. The molecule has 0 spiro atoms. The molecule has 28 heavy (non-hydrogen) atoms. The quantitative estimate of drug-likeness (QED) is 0.272. The van der Waals surface area contributed by atoms with E-state index in [-0.39, 0.29) is 36.0 Å². The number of hydrogen-bond donors (Lipinski definition) is 3. The molecule has 0 atom stereocenters. The minimum atomic E-state index is 0. The van der Waals surface area contributed by atoms with Crippen molar-refractivity contribution in [1.82, 2.24) is 10.6 Å². The third-order valence-electron chi connectivity index (χ3n) is 6.03. The van der Waals surface area contributed by atoms with Crippen LogP contribution in [0.4, 0.5) is 5.69 Å². The average Bonchev–Trinajstić information content (AvgIpc) is 2.69. The molecule has 0 saturated heterocycles. The summed E-state index contributed by atoms with van der Waals surface area (Å²) >= 11 is 0. The third-order valence-corrected chi connectivity index (χ3v) is 6.03. The number of halogens is 1. The Kier molecular flexibility index (Phi) is 11.2. The molecule has 6 heteroatoms. The first kappa shape index (κ1) is 25.0. The molecule has 0 aromatic heterocycles. The molecule has 1 aliphatic heterocycles. The predicted molar refractivity (Wildman–Crippen MR) is 131 cm³/mol. The highest BCUT2D eigenvalue weighted by atomic mass is 127. The number of guanidine groups is 1. The molecule has 0 amide bonds. The summed E-state index contributed by atoms with van der Waals surface area (Å²) in [6.07, 6.45) is 5.31. The van der Waals surface area contributed by atoms with E-state index in [1.54, 1.807) is 0 Å². The number of aryl methyl sites for hydroxylation is 1. The maximum absolute atomic E-state index is 9.42. The normalized spacial score (nSPS) is 14.3. The number of hydrogen-bond acceptors (Lipinski definition) is 3. The van der Waals surface area contributed by atoms with Gasteiger partial charge < -0.3 is 20.6 Å². The summed E-state index contributed by atoms with van der Waals surface area (Å²) < 4.78 is 0. The molecular formula is C22H39IN4O. The minimum Gasteiger partial charge on any atom is -0.396 e. The van der Waals surface area contributed by atoms with Gasteiger partial charge in [-0.3, -0.25) is 0 Å². The molecule has 0 unspecified atom stereocenters. The molecule has 5 nitrogen and oxygen atoms in total. The molecule has 1 aromatic carbocycles. The minimum absolute atomic E-state index is 0. The van der Waals surface area contributed by atoms with Gasteiger partial charge in [-0.2, -0.15) is 0 Å². The first-order valence-electron chi connectivity index (χ1n) is 10.5. The van der Waals surface area contributed by atoms with Crippen LogP contribution in [0.5, 0.6) is 0 Å². The second kappa shape index (κ2) is 12.5. The number of aliphatic imine (C=N–C) groups is 1. The maximum Gasteiger partial charge on any atom is 0.191 e. The molecule has 0 fully saturated rings. The van der Waals surface area contributed by atoms with E-state index in [0.29, 0.717) is 6.54 Å². The molecule has 1 heterocycles. The van der Waals surface area contributed by atoms with Crippen molar-refractivity contribution < 1.29 is 5.11 Å². The Labute approximate surface area is 188 Å². The molecule has 0 radical (unpaired) electrons. The zero-order chi connectivity index (χ0) is 19.7. The van der Waals surface area contributed by atoms with Gasteiger partial charge in [-0.05, 0) is 61.6 Å². The van der Waals surface area contributed by atoms with E-state index in [2.05, 4.69) is 61.6 Å². The van der Waals surface area contributed by atoms with Crippen molar-refractivity contribution in [3.63, 3.8) is 0 Å². The van der Waals surface area contributed by atoms with Gasteiger partial charge in [-0.25, -0.2) is 4.99 Å². The van der Waals surface area contributed by atoms with Crippen molar-refractivity contribution in [2.24, 2.45) is 10.4 Å². The fourth-order valence-corrected chi connectivity index (χ4v) is 3.90. The number of rotatable bonds is 9. The van der Waals surface area contributed by atoms with Crippen molar-refractivity contribution in [1.29, 1.82) is 0 Å². The Morgan fingerprint density at radius 1 is 1.21 bits per heavy atom. The van der Waals surface area contributed by atoms with Crippen LogP contribution in [0.1, 0.15) is 57.6 Å². The second-order valence-corrected chi connectivity index (χ2v) is 7.72. The first-order valence-corrected chi connectivity index (χ1v) is 10.5. The Morgan fingerprint density at radius 3 is 2.61 bits per heavy atom. The second-order valence-electron chi connectivity index (χ2n) is 7.72. The van der Waals surface area contributed by atoms with Crippen molar-refractivity contribution in [3.05, 3.63) is 29.3 Å². The molecule has 3 N–H and O–H groups in total. The molecule has 1 aromatic rings. The molecule has 0 bridgehead atoms. The van der Waals surface area contributed by atoms with Crippen LogP contribution in [0.15, 0.2) is 23.2 Å². The van der Waals surface area contributed by atoms with Gasteiger partial charge in [0.1, 0.15) is 0 Å². The highest BCUT2D eigenvalue weighted by Gasteiger charge is 2.25. The van der Waals surface area contributed by atoms with Crippen LogP contribution in [-0.2, 0) is 13.0 Å². The maximum atomic E-state index is 9.42. The molecule has 160 valence electrons. The summed E-state index contributed by atoms with van der Waals surface area (Å²) in [4.78, 5) is 7.14. The lowest BCUT2D eigenvalue weighted by atomic mass is 9.79. The lowest BCUT2D eigenvalue weighted by Gasteiger charge is -2.32. The molecule has 2 rings (SSSR count). The number of benzene rings is 1. The van der Waals surface area contributed by atoms with Crippen LogP contribution < -0.4 is 15.5 Å². The van der Waals surface area contributed by atoms with Crippen molar-refractivity contribution in [3.8, 4) is 0 Å². The van der Waals surface area contributed by atoms with Crippen LogP contribution in [0.25, 0.3) is 0 Å². The highest BCUT2D eigenvalue weighted by Crippen LogP contribution is 2.29. The summed E-state index contributed by atoms with van der Waals surface area (Å²) in [5.41, 5.74) is 4.18. The van der Waals surface area contributed by atoms with Gasteiger partial charge in [0, 0.05) is 39.0 Å². The largest absolute Gasteiger partial charge is 0.396 e. The molecule has 0 aliphatic carbocycles. The van der Waals surface area contributed by atoms with E-state index in [4.69, 9.17) is 4.99 Å². The first-order chi connectivity index (χ1) is 13.1. The van der Waals surface area contributed by atoms with E-state index in [1.165, 1.54) is 23.2 Å². The monoisotopic (exact) mass is 502 g/mol. The SMILES string of the molecule is CCNC(=NCc1ccc2c(c1)CCCN2C)NCC(CC)(CC)CCO.I. The zero-order valence-electron chi connectivity index (χ0n) is 18.1. The summed E-state index contributed by atoms with van der Waals surface area (Å²) in [6, 6.07) is 6.74. The summed E-state index contributed by atoms with van der Waals surface area (Å²) in [5, 5.41) is 16.3. The van der Waals surface area contributed by atoms with Crippen LogP contribution in [0, 0.1) is 5.41 Å². The number of aliphatic hydroxyl groups excluding tert-OH is 1. The smallest absolute Gasteiger partial charge is 0.191 e. The van der Waals surface area contributed by atoms with Crippen LogP contribution in [0.3, 0.4) is 0 Å². The van der Waals surface area contributed by atoms with Gasteiger partial charge >= 0.3 is 0 Å². The fraction of sp³-hybridized carbons (Fsp3) is 0.682. The third kappa shape index (κ3) is 6.79. The summed E-state index contributed by atoms with van der Waals surface area (Å²) in [7, 11) is 2.17. The van der Waals surface area contributed by atoms with Crippen molar-refractivity contribution in [2.45, 2.75) is 59.4 Å². The Balaban J connectivity index is 0.00000392. The number of aliphatic hydroxyl groups is 1. The van der Waals surface area contributed by atoms with Crippen LogP contribution in [0.2, 0.25) is 0 Å². The standard InChI is InChI=1S/C22H38N4O.HI/c1-5-22(6-2,12-14-27)17-25-21(23-7-3)24-16-18-10-11-20-19(15-18)9-8-13-26(20)4;/h10-11,15,27H,5-9,12-14,16-17H2,1-4H3,(H2,23,24,25);1H. The van der Waals surface area contributed by atoms with Crippen molar-refractivity contribution >= 4 is 35.6 Å². The number of nitrogens with one attached hydrogen (secondary N) is 2. The van der Waals surface area contributed by atoms with E-state index in [0.717, 1.165) is 51.3 Å².